The molecule has 5 rings (SSSR count). The average Bonchev–Trinajstić information content (AvgIpc) is 3.61. The molecule has 0 bridgehead atoms. The van der Waals surface area contributed by atoms with Gasteiger partial charge in [0.2, 0.25) is 5.60 Å². The van der Waals surface area contributed by atoms with Gasteiger partial charge in [-0.3, -0.25) is 19.8 Å². The van der Waals surface area contributed by atoms with E-state index in [1.165, 1.54) is 34.9 Å². The van der Waals surface area contributed by atoms with Crippen molar-refractivity contribution in [1.29, 1.82) is 0 Å². The molecule has 244 valence electrons. The van der Waals surface area contributed by atoms with Crippen molar-refractivity contribution < 1.29 is 42.6 Å². The number of methoxy groups -OCH3 is 1. The number of rotatable bonds is 12. The Kier molecular flexibility index (Phi) is 9.27. The fourth-order valence-corrected chi connectivity index (χ4v) is 6.05. The number of alkyl halides is 3. The van der Waals surface area contributed by atoms with Gasteiger partial charge >= 0.3 is 12.1 Å². The topological polar surface area (TPSA) is 127 Å². The van der Waals surface area contributed by atoms with E-state index < -0.39 is 46.8 Å². The minimum absolute atomic E-state index is 0.0601. The summed E-state index contributed by atoms with van der Waals surface area (Å²) in [7, 11) is 1.42. The zero-order valence-corrected chi connectivity index (χ0v) is 25.2. The predicted molar refractivity (Wildman–Crippen MR) is 163 cm³/mol. The number of hydrogen-bond acceptors (Lipinski definition) is 7. The molecule has 1 fully saturated rings. The minimum atomic E-state index is -5.08. The van der Waals surface area contributed by atoms with E-state index in [-0.39, 0.29) is 36.2 Å². The number of halogens is 3. The first-order valence-corrected chi connectivity index (χ1v) is 14.7. The molecule has 0 spiro atoms. The highest BCUT2D eigenvalue weighted by atomic mass is 19.4. The molecule has 0 aliphatic carbocycles. The van der Waals surface area contributed by atoms with E-state index >= 15 is 0 Å². The van der Waals surface area contributed by atoms with Gasteiger partial charge in [0.15, 0.2) is 11.5 Å². The summed E-state index contributed by atoms with van der Waals surface area (Å²) in [6.45, 7) is 1.39. The minimum Gasteiger partial charge on any atom is -0.493 e. The normalized spacial score (nSPS) is 17.5. The van der Waals surface area contributed by atoms with Crippen LogP contribution in [0.1, 0.15) is 42.4 Å². The van der Waals surface area contributed by atoms with Crippen molar-refractivity contribution in [1.82, 2.24) is 9.47 Å². The summed E-state index contributed by atoms with van der Waals surface area (Å²) >= 11 is 0. The van der Waals surface area contributed by atoms with Crippen molar-refractivity contribution in [3.8, 4) is 11.5 Å². The maximum atomic E-state index is 14.9. The van der Waals surface area contributed by atoms with Crippen LogP contribution in [0.5, 0.6) is 11.5 Å². The van der Waals surface area contributed by atoms with Crippen molar-refractivity contribution in [2.75, 3.05) is 26.7 Å². The molecular weight excluding hydrogens is 607 g/mol. The molecule has 1 aliphatic heterocycles. The zero-order chi connectivity index (χ0) is 33.2. The third kappa shape index (κ3) is 6.51. The third-order valence-electron chi connectivity index (χ3n) is 8.46. The molecule has 2 unspecified atom stereocenters. The number of nitro groups is 1. The number of nitrogens with zero attached hydrogens (tertiary/aromatic N) is 3. The number of aliphatic carboxylic acids is 1. The van der Waals surface area contributed by atoms with E-state index in [1.807, 2.05) is 0 Å². The number of fused-ring (bicyclic) bond motifs is 1. The van der Waals surface area contributed by atoms with Gasteiger partial charge in [-0.2, -0.15) is 13.2 Å². The summed E-state index contributed by atoms with van der Waals surface area (Å²) in [5, 5.41) is 32.6. The van der Waals surface area contributed by atoms with Gasteiger partial charge in [0.05, 0.1) is 23.5 Å². The van der Waals surface area contributed by atoms with E-state index in [9.17, 15) is 38.3 Å². The van der Waals surface area contributed by atoms with E-state index in [0.29, 0.717) is 29.9 Å². The quantitative estimate of drug-likeness (QED) is 0.141. The molecule has 1 aliphatic rings. The second-order valence-electron chi connectivity index (χ2n) is 11.4. The zero-order valence-electron chi connectivity index (χ0n) is 25.2. The molecule has 13 heteroatoms. The van der Waals surface area contributed by atoms with Gasteiger partial charge in [-0.05, 0) is 42.2 Å². The fraction of sp³-hybridized carbons (Fsp3) is 0.364. The molecule has 0 amide bonds. The number of aromatic nitrogens is 1. The van der Waals surface area contributed by atoms with E-state index in [2.05, 4.69) is 0 Å². The monoisotopic (exact) mass is 641 g/mol. The lowest BCUT2D eigenvalue weighted by molar-refractivity contribution is -0.384. The summed E-state index contributed by atoms with van der Waals surface area (Å²) in [6.07, 6.45) is -3.64. The second kappa shape index (κ2) is 13.0. The van der Waals surface area contributed by atoms with Crippen LogP contribution in [0.25, 0.3) is 10.9 Å². The number of nitro benzene ring substituents is 1. The first-order valence-electron chi connectivity index (χ1n) is 14.7. The van der Waals surface area contributed by atoms with Crippen LogP contribution in [0.3, 0.4) is 0 Å². The maximum absolute atomic E-state index is 14.9. The van der Waals surface area contributed by atoms with Gasteiger partial charge in [-0.1, -0.05) is 43.3 Å². The lowest BCUT2D eigenvalue weighted by Gasteiger charge is -2.34. The highest BCUT2D eigenvalue weighted by Gasteiger charge is 2.57. The van der Waals surface area contributed by atoms with Gasteiger partial charge in [0.25, 0.3) is 5.69 Å². The summed E-state index contributed by atoms with van der Waals surface area (Å²) < 4.78 is 57.6. The molecule has 10 nitrogen and oxygen atoms in total. The van der Waals surface area contributed by atoms with E-state index in [4.69, 9.17) is 9.47 Å². The molecule has 2 N–H and O–H groups in total. The number of likely N-dealkylation sites (tertiary alicyclic amines) is 1. The largest absolute Gasteiger partial charge is 0.493 e. The van der Waals surface area contributed by atoms with E-state index in [0.717, 1.165) is 11.6 Å². The van der Waals surface area contributed by atoms with E-state index in [1.54, 1.807) is 55.5 Å². The number of ether oxygens (including phenoxy) is 2. The van der Waals surface area contributed by atoms with Crippen LogP contribution in [-0.4, -0.2) is 69.6 Å². The first-order chi connectivity index (χ1) is 21.8. The molecular formula is C33H34F3N3O7. The molecule has 4 aromatic rings. The Labute approximate surface area is 262 Å². The Bertz CT molecular complexity index is 1730. The summed E-state index contributed by atoms with van der Waals surface area (Å²) in [6, 6.07) is 17.4. The second-order valence-corrected chi connectivity index (χ2v) is 11.4. The van der Waals surface area contributed by atoms with Gasteiger partial charge in [-0.15, -0.1) is 0 Å². The van der Waals surface area contributed by atoms with Gasteiger partial charge in [-0.25, -0.2) is 0 Å². The molecule has 3 aromatic carbocycles. The SMILES string of the molecule is CCC(C(=O)O)c1ccc(O[C@@H]2CCN(CC(O)(c3cn(Cc4ccccc4)c4cc([N+](=O)[O-])ccc34)C(F)(F)F)C2)c(OC)c1. The number of carboxylic acids is 1. The van der Waals surface area contributed by atoms with Crippen LogP contribution in [0.2, 0.25) is 0 Å². The Balaban J connectivity index is 1.42. The Morgan fingerprint density at radius 2 is 1.85 bits per heavy atom. The first kappa shape index (κ1) is 32.8. The predicted octanol–water partition coefficient (Wildman–Crippen LogP) is 6.09. The molecule has 0 saturated carbocycles. The smallest absolute Gasteiger partial charge is 0.422 e. The Morgan fingerprint density at radius 1 is 1.11 bits per heavy atom. The molecule has 46 heavy (non-hydrogen) atoms. The van der Waals surface area contributed by atoms with Crippen LogP contribution in [-0.2, 0) is 16.9 Å². The highest BCUT2D eigenvalue weighted by molar-refractivity contribution is 5.87. The lowest BCUT2D eigenvalue weighted by Crippen LogP contribution is -2.50. The number of carboxylic acid groups (broad SMARTS) is 1. The molecule has 3 atom stereocenters. The molecule has 0 radical (unpaired) electrons. The third-order valence-corrected chi connectivity index (χ3v) is 8.46. The standard InChI is InChI=1S/C33H34F3N3O7/c1-3-25(31(40)41)22-9-12-29(30(15-22)45-2)46-24-13-14-37(18-24)20-32(42,33(34,35)36)27-19-38(17-21-7-5-4-6-8-21)28-16-23(39(43)44)10-11-26(27)28/h4-12,15-16,19,24-25,42H,3,13-14,17-18,20H2,1-2H3,(H,40,41)/t24-,25?,32?/m1/s1. The molecule has 2 heterocycles. The number of non-ortho nitro benzene ring substituents is 1. The maximum Gasteiger partial charge on any atom is 0.422 e. The van der Waals surface area contributed by atoms with Gasteiger partial charge in [0.1, 0.15) is 6.10 Å². The molecule has 1 aromatic heterocycles. The van der Waals surface area contributed by atoms with Crippen molar-refractivity contribution in [2.24, 2.45) is 0 Å². The van der Waals surface area contributed by atoms with Crippen molar-refractivity contribution in [2.45, 2.75) is 50.1 Å². The van der Waals surface area contributed by atoms with Crippen LogP contribution >= 0.6 is 0 Å². The average molecular weight is 642 g/mol. The van der Waals surface area contributed by atoms with Gasteiger partial charge < -0.3 is 24.3 Å². The summed E-state index contributed by atoms with van der Waals surface area (Å²) in [4.78, 5) is 24.0. The number of carbonyl (C=O) groups is 1. The van der Waals surface area contributed by atoms with Crippen LogP contribution in [0.4, 0.5) is 18.9 Å². The Hall–Kier alpha value is -4.62. The Morgan fingerprint density at radius 3 is 2.48 bits per heavy atom. The van der Waals surface area contributed by atoms with Crippen LogP contribution in [0, 0.1) is 10.1 Å². The summed E-state index contributed by atoms with van der Waals surface area (Å²) in [5.41, 5.74) is -2.47. The number of hydrogen-bond donors (Lipinski definition) is 2. The van der Waals surface area contributed by atoms with Crippen molar-refractivity contribution in [3.63, 3.8) is 0 Å². The number of β-amino-alcohol motifs (C(OH)–C–C–N with tert-alkyl or cyclic N) is 1. The highest BCUT2D eigenvalue weighted by Crippen LogP contribution is 2.44. The van der Waals surface area contributed by atoms with Crippen LogP contribution in [0.15, 0.2) is 72.9 Å². The van der Waals surface area contributed by atoms with Crippen molar-refractivity contribution >= 4 is 22.6 Å². The lowest BCUT2D eigenvalue weighted by atomic mass is 9.92. The fourth-order valence-electron chi connectivity index (χ4n) is 6.05. The summed E-state index contributed by atoms with van der Waals surface area (Å²) in [5.74, 6) is -1.06. The van der Waals surface area contributed by atoms with Crippen LogP contribution < -0.4 is 9.47 Å². The number of aliphatic hydroxyl groups is 1. The molecule has 1 saturated heterocycles. The number of benzene rings is 3. The van der Waals surface area contributed by atoms with Crippen molar-refractivity contribution in [3.05, 3.63) is 99.7 Å². The van der Waals surface area contributed by atoms with Gasteiger partial charge in [0, 0.05) is 55.5 Å².